The molecule has 0 spiro atoms. The summed E-state index contributed by atoms with van der Waals surface area (Å²) in [7, 11) is 0. The number of hydrogen-bond acceptors (Lipinski definition) is 5. The Bertz CT molecular complexity index is 843. The molecule has 2 aromatic heterocycles. The molecule has 0 aliphatic carbocycles. The summed E-state index contributed by atoms with van der Waals surface area (Å²) in [5, 5.41) is 12.1. The van der Waals surface area contributed by atoms with Gasteiger partial charge in [0.2, 0.25) is 0 Å². The zero-order chi connectivity index (χ0) is 15.6. The zero-order valence-electron chi connectivity index (χ0n) is 12.9. The molecule has 4 rings (SSSR count). The highest BCUT2D eigenvalue weighted by molar-refractivity contribution is 5.64. The van der Waals surface area contributed by atoms with Crippen molar-refractivity contribution in [3.05, 3.63) is 54.1 Å². The maximum absolute atomic E-state index is 5.75. The average molecular weight is 307 g/mol. The molecule has 23 heavy (non-hydrogen) atoms. The number of ether oxygens (including phenoxy) is 1. The molecule has 0 bridgehead atoms. The van der Waals surface area contributed by atoms with Gasteiger partial charge in [0.05, 0.1) is 24.8 Å². The van der Waals surface area contributed by atoms with Crippen LogP contribution in [0, 0.1) is 6.92 Å². The number of anilines is 1. The number of pyridine rings is 1. The highest BCUT2D eigenvalue weighted by Gasteiger charge is 2.20. The summed E-state index contributed by atoms with van der Waals surface area (Å²) >= 11 is 0. The first-order chi connectivity index (χ1) is 11.3. The molecule has 0 saturated carbocycles. The van der Waals surface area contributed by atoms with E-state index < -0.39 is 0 Å². The van der Waals surface area contributed by atoms with Gasteiger partial charge in [-0.2, -0.15) is 0 Å². The molecule has 116 valence electrons. The Morgan fingerprint density at radius 3 is 3.13 bits per heavy atom. The van der Waals surface area contributed by atoms with E-state index in [4.69, 9.17) is 4.74 Å². The van der Waals surface area contributed by atoms with E-state index in [1.165, 1.54) is 5.56 Å². The van der Waals surface area contributed by atoms with Gasteiger partial charge in [-0.15, -0.1) is 10.2 Å². The van der Waals surface area contributed by atoms with Crippen molar-refractivity contribution in [1.82, 2.24) is 19.7 Å². The summed E-state index contributed by atoms with van der Waals surface area (Å²) in [4.78, 5) is 4.11. The number of benzene rings is 1. The molecule has 0 radical (unpaired) electrons. The first-order valence-electron chi connectivity index (χ1n) is 7.61. The van der Waals surface area contributed by atoms with E-state index in [1.807, 2.05) is 12.1 Å². The van der Waals surface area contributed by atoms with Crippen LogP contribution in [0.5, 0.6) is 5.75 Å². The van der Waals surface area contributed by atoms with E-state index in [0.29, 0.717) is 13.2 Å². The lowest BCUT2D eigenvalue weighted by molar-refractivity contribution is 0.303. The minimum absolute atomic E-state index is 0.585. The average Bonchev–Trinajstić information content (AvgIpc) is 2.87. The van der Waals surface area contributed by atoms with Crippen LogP contribution in [0.1, 0.15) is 11.4 Å². The fourth-order valence-corrected chi connectivity index (χ4v) is 2.76. The number of aryl methyl sites for hydroxylation is 1. The first-order valence-corrected chi connectivity index (χ1v) is 7.61. The maximum atomic E-state index is 5.75. The molecule has 1 N–H and O–H groups in total. The molecular formula is C17H17N5O. The van der Waals surface area contributed by atoms with Crippen LogP contribution in [-0.4, -0.2) is 26.4 Å². The van der Waals surface area contributed by atoms with Gasteiger partial charge in [-0.25, -0.2) is 0 Å². The molecule has 0 unspecified atom stereocenters. The topological polar surface area (TPSA) is 64.9 Å². The smallest absolute Gasteiger partial charge is 0.168 e. The Morgan fingerprint density at radius 2 is 2.22 bits per heavy atom. The number of fused-ring (bicyclic) bond motifs is 3. The molecule has 1 aliphatic heterocycles. The second-order valence-corrected chi connectivity index (χ2v) is 5.53. The Balaban J connectivity index is 1.62. The number of rotatable bonds is 3. The monoisotopic (exact) mass is 307 g/mol. The van der Waals surface area contributed by atoms with Gasteiger partial charge in [-0.05, 0) is 30.7 Å². The summed E-state index contributed by atoms with van der Waals surface area (Å²) in [6.45, 7) is 4.01. The Kier molecular flexibility index (Phi) is 3.42. The summed E-state index contributed by atoms with van der Waals surface area (Å²) in [6, 6.07) is 10.2. The van der Waals surface area contributed by atoms with Gasteiger partial charge < -0.3 is 14.6 Å². The quantitative estimate of drug-likeness (QED) is 0.806. The maximum Gasteiger partial charge on any atom is 0.168 e. The van der Waals surface area contributed by atoms with Gasteiger partial charge in [-0.1, -0.05) is 12.1 Å². The third-order valence-electron chi connectivity index (χ3n) is 3.89. The van der Waals surface area contributed by atoms with Crippen LogP contribution in [0.2, 0.25) is 0 Å². The third kappa shape index (κ3) is 2.63. The van der Waals surface area contributed by atoms with Gasteiger partial charge >= 0.3 is 0 Å². The van der Waals surface area contributed by atoms with Crippen molar-refractivity contribution in [3.8, 4) is 17.1 Å². The predicted molar refractivity (Wildman–Crippen MR) is 87.3 cm³/mol. The van der Waals surface area contributed by atoms with Crippen molar-refractivity contribution in [2.24, 2.45) is 0 Å². The van der Waals surface area contributed by atoms with E-state index in [9.17, 15) is 0 Å². The highest BCUT2D eigenvalue weighted by Crippen LogP contribution is 2.30. The van der Waals surface area contributed by atoms with E-state index in [2.05, 4.69) is 50.2 Å². The molecule has 0 atom stereocenters. The Labute approximate surface area is 134 Å². The second kappa shape index (κ2) is 5.72. The Hall–Kier alpha value is -2.89. The SMILES string of the molecule is Cc1cccc(NCc2nnc3n2CCOc2cnccc2-3)c1. The van der Waals surface area contributed by atoms with Gasteiger partial charge in [-0.3, -0.25) is 4.98 Å². The van der Waals surface area contributed by atoms with E-state index in [-0.39, 0.29) is 0 Å². The van der Waals surface area contributed by atoms with E-state index >= 15 is 0 Å². The normalized spacial score (nSPS) is 12.7. The zero-order valence-corrected chi connectivity index (χ0v) is 12.9. The van der Waals surface area contributed by atoms with Gasteiger partial charge in [0.1, 0.15) is 12.4 Å². The molecule has 0 saturated heterocycles. The van der Waals surface area contributed by atoms with Crippen molar-refractivity contribution in [2.45, 2.75) is 20.0 Å². The van der Waals surface area contributed by atoms with Crippen LogP contribution in [-0.2, 0) is 13.1 Å². The van der Waals surface area contributed by atoms with Crippen molar-refractivity contribution in [3.63, 3.8) is 0 Å². The fourth-order valence-electron chi connectivity index (χ4n) is 2.76. The summed E-state index contributed by atoms with van der Waals surface area (Å²) in [6.07, 6.45) is 3.47. The lowest BCUT2D eigenvalue weighted by atomic mass is 10.2. The van der Waals surface area contributed by atoms with Crippen molar-refractivity contribution < 1.29 is 4.74 Å². The standard InChI is InChI=1S/C17H17N5O/c1-12-3-2-4-13(9-12)19-11-16-20-21-17-14-5-6-18-10-15(14)23-8-7-22(16)17/h2-6,9-10,19H,7-8,11H2,1H3. The van der Waals surface area contributed by atoms with Crippen LogP contribution in [0.4, 0.5) is 5.69 Å². The number of nitrogens with one attached hydrogen (secondary N) is 1. The van der Waals surface area contributed by atoms with Gasteiger partial charge in [0.15, 0.2) is 11.6 Å². The van der Waals surface area contributed by atoms with E-state index in [0.717, 1.165) is 35.2 Å². The third-order valence-corrected chi connectivity index (χ3v) is 3.89. The fraction of sp³-hybridized carbons (Fsp3) is 0.235. The second-order valence-electron chi connectivity index (χ2n) is 5.53. The van der Waals surface area contributed by atoms with Crippen LogP contribution in [0.3, 0.4) is 0 Å². The van der Waals surface area contributed by atoms with Gasteiger partial charge in [0, 0.05) is 11.9 Å². The minimum Gasteiger partial charge on any atom is -0.489 e. The molecular weight excluding hydrogens is 290 g/mol. The van der Waals surface area contributed by atoms with Crippen molar-refractivity contribution >= 4 is 5.69 Å². The van der Waals surface area contributed by atoms with Crippen molar-refractivity contribution in [1.29, 1.82) is 0 Å². The minimum atomic E-state index is 0.585. The lowest BCUT2D eigenvalue weighted by Crippen LogP contribution is -2.12. The molecule has 6 heteroatoms. The van der Waals surface area contributed by atoms with Crippen LogP contribution >= 0.6 is 0 Å². The van der Waals surface area contributed by atoms with Crippen LogP contribution in [0.25, 0.3) is 11.4 Å². The van der Waals surface area contributed by atoms with Gasteiger partial charge in [0.25, 0.3) is 0 Å². The first kappa shape index (κ1) is 13.8. The molecule has 0 amide bonds. The Morgan fingerprint density at radius 1 is 1.26 bits per heavy atom. The van der Waals surface area contributed by atoms with Crippen LogP contribution in [0.15, 0.2) is 42.7 Å². The highest BCUT2D eigenvalue weighted by atomic mass is 16.5. The molecule has 3 heterocycles. The molecule has 3 aromatic rings. The number of hydrogen-bond donors (Lipinski definition) is 1. The molecule has 0 fully saturated rings. The lowest BCUT2D eigenvalue weighted by Gasteiger charge is -2.09. The summed E-state index contributed by atoms with van der Waals surface area (Å²) in [5.41, 5.74) is 3.24. The number of nitrogens with zero attached hydrogens (tertiary/aromatic N) is 4. The summed E-state index contributed by atoms with van der Waals surface area (Å²) in [5.74, 6) is 2.49. The summed E-state index contributed by atoms with van der Waals surface area (Å²) < 4.78 is 7.86. The molecule has 1 aromatic carbocycles. The van der Waals surface area contributed by atoms with Crippen molar-refractivity contribution in [2.75, 3.05) is 11.9 Å². The van der Waals surface area contributed by atoms with Crippen LogP contribution < -0.4 is 10.1 Å². The molecule has 1 aliphatic rings. The predicted octanol–water partition coefficient (Wildman–Crippen LogP) is 2.65. The molecule has 6 nitrogen and oxygen atoms in total. The largest absolute Gasteiger partial charge is 0.489 e. The van der Waals surface area contributed by atoms with E-state index in [1.54, 1.807) is 12.4 Å². The number of aromatic nitrogens is 4.